The van der Waals surface area contributed by atoms with Gasteiger partial charge in [0, 0.05) is 24.0 Å². The Morgan fingerprint density at radius 2 is 1.88 bits per heavy atom. The molecule has 26 heavy (non-hydrogen) atoms. The Hall–Kier alpha value is -3.08. The van der Waals surface area contributed by atoms with E-state index in [1.165, 1.54) is 0 Å². The summed E-state index contributed by atoms with van der Waals surface area (Å²) in [6.45, 7) is 2.43. The smallest absolute Gasteiger partial charge is 0.251 e. The van der Waals surface area contributed by atoms with Crippen molar-refractivity contribution in [2.75, 3.05) is 6.54 Å². The number of hydrogen-bond donors (Lipinski definition) is 3. The maximum Gasteiger partial charge on any atom is 0.251 e. The molecular weight excluding hydrogens is 328 g/mol. The highest BCUT2D eigenvalue weighted by molar-refractivity contribution is 5.80. The number of amides is 1. The molecule has 0 saturated heterocycles. The fourth-order valence-corrected chi connectivity index (χ4v) is 2.94. The Balaban J connectivity index is 1.55. The average molecular weight is 350 g/mol. The molecule has 0 saturated carbocycles. The molecule has 0 aliphatic rings. The number of aryl methyl sites for hydroxylation is 2. The van der Waals surface area contributed by atoms with Gasteiger partial charge in [0.25, 0.3) is 5.56 Å². The SMILES string of the molecule is Cc1ccc2cc(CCC(=O)NCCc3ccccc3O)c(=O)[nH]c2c1. The van der Waals surface area contributed by atoms with Gasteiger partial charge in [-0.1, -0.05) is 30.3 Å². The average Bonchev–Trinajstić information content (AvgIpc) is 2.61. The molecule has 0 aliphatic carbocycles. The number of aromatic hydroxyl groups is 1. The molecule has 134 valence electrons. The van der Waals surface area contributed by atoms with Gasteiger partial charge in [-0.05, 0) is 54.5 Å². The number of aromatic nitrogens is 1. The maximum atomic E-state index is 12.2. The minimum absolute atomic E-state index is 0.108. The number of phenolic OH excluding ortho intramolecular Hbond substituents is 1. The van der Waals surface area contributed by atoms with Gasteiger partial charge in [0.1, 0.15) is 5.75 Å². The molecule has 1 aromatic heterocycles. The molecule has 0 radical (unpaired) electrons. The fraction of sp³-hybridized carbons (Fsp3) is 0.238. The van der Waals surface area contributed by atoms with Gasteiger partial charge in [0.2, 0.25) is 5.91 Å². The third-order valence-corrected chi connectivity index (χ3v) is 4.41. The third-order valence-electron chi connectivity index (χ3n) is 4.41. The van der Waals surface area contributed by atoms with E-state index in [0.717, 1.165) is 22.0 Å². The first-order valence-corrected chi connectivity index (χ1v) is 8.69. The summed E-state index contributed by atoms with van der Waals surface area (Å²) >= 11 is 0. The van der Waals surface area contributed by atoms with Gasteiger partial charge >= 0.3 is 0 Å². The number of benzene rings is 2. The van der Waals surface area contributed by atoms with E-state index in [1.54, 1.807) is 12.1 Å². The van der Waals surface area contributed by atoms with Crippen molar-refractivity contribution >= 4 is 16.8 Å². The monoisotopic (exact) mass is 350 g/mol. The van der Waals surface area contributed by atoms with Gasteiger partial charge in [-0.3, -0.25) is 9.59 Å². The summed E-state index contributed by atoms with van der Waals surface area (Å²) in [7, 11) is 0. The molecule has 0 fully saturated rings. The molecule has 1 heterocycles. The van der Waals surface area contributed by atoms with Gasteiger partial charge in [-0.25, -0.2) is 0 Å². The number of nitrogens with one attached hydrogen (secondary N) is 2. The van der Waals surface area contributed by atoms with Crippen molar-refractivity contribution in [2.24, 2.45) is 0 Å². The molecule has 1 amide bonds. The van der Waals surface area contributed by atoms with Gasteiger partial charge < -0.3 is 15.4 Å². The lowest BCUT2D eigenvalue weighted by atomic mass is 10.1. The Morgan fingerprint density at radius 3 is 2.69 bits per heavy atom. The lowest BCUT2D eigenvalue weighted by Gasteiger charge is -2.07. The normalized spacial score (nSPS) is 10.8. The Labute approximate surface area is 151 Å². The highest BCUT2D eigenvalue weighted by Crippen LogP contribution is 2.16. The number of fused-ring (bicyclic) bond motifs is 1. The Morgan fingerprint density at radius 1 is 1.08 bits per heavy atom. The maximum absolute atomic E-state index is 12.2. The van der Waals surface area contributed by atoms with Crippen molar-refractivity contribution in [3.8, 4) is 5.75 Å². The highest BCUT2D eigenvalue weighted by atomic mass is 16.3. The van der Waals surface area contributed by atoms with Crippen LogP contribution in [0.15, 0.2) is 53.3 Å². The van der Waals surface area contributed by atoms with Gasteiger partial charge in [-0.2, -0.15) is 0 Å². The Kier molecular flexibility index (Phi) is 5.37. The summed E-state index contributed by atoms with van der Waals surface area (Å²) in [5.74, 6) is 0.128. The van der Waals surface area contributed by atoms with Crippen molar-refractivity contribution < 1.29 is 9.90 Å². The summed E-state index contributed by atoms with van der Waals surface area (Å²) in [5.41, 5.74) is 3.16. The molecule has 0 bridgehead atoms. The standard InChI is InChI=1S/C21H22N2O3/c1-14-6-7-16-13-17(21(26)23-18(16)12-14)8-9-20(25)22-11-10-15-4-2-3-5-19(15)24/h2-7,12-13,24H,8-11H2,1H3,(H,22,25)(H,23,26). The van der Waals surface area contributed by atoms with E-state index in [0.29, 0.717) is 24.9 Å². The van der Waals surface area contributed by atoms with Gasteiger partial charge in [-0.15, -0.1) is 0 Å². The van der Waals surface area contributed by atoms with E-state index in [4.69, 9.17) is 0 Å². The van der Waals surface area contributed by atoms with Crippen molar-refractivity contribution in [3.05, 3.63) is 75.6 Å². The van der Waals surface area contributed by atoms with Crippen LogP contribution in [0.2, 0.25) is 0 Å². The van der Waals surface area contributed by atoms with E-state index < -0.39 is 0 Å². The number of carbonyl (C=O) groups excluding carboxylic acids is 1. The first-order chi connectivity index (χ1) is 12.5. The molecule has 5 nitrogen and oxygen atoms in total. The Bertz CT molecular complexity index is 992. The fourth-order valence-electron chi connectivity index (χ4n) is 2.94. The van der Waals surface area contributed by atoms with Crippen molar-refractivity contribution in [3.63, 3.8) is 0 Å². The quantitative estimate of drug-likeness (QED) is 0.639. The largest absolute Gasteiger partial charge is 0.508 e. The first-order valence-electron chi connectivity index (χ1n) is 8.69. The molecule has 3 rings (SSSR count). The number of para-hydroxylation sites is 1. The zero-order valence-electron chi connectivity index (χ0n) is 14.7. The van der Waals surface area contributed by atoms with Crippen LogP contribution in [0.5, 0.6) is 5.75 Å². The van der Waals surface area contributed by atoms with Crippen LogP contribution in [-0.4, -0.2) is 22.5 Å². The molecule has 0 unspecified atom stereocenters. The summed E-state index contributed by atoms with van der Waals surface area (Å²) in [5, 5.41) is 13.5. The highest BCUT2D eigenvalue weighted by Gasteiger charge is 2.07. The second-order valence-corrected chi connectivity index (χ2v) is 6.44. The van der Waals surface area contributed by atoms with Gasteiger partial charge in [0.15, 0.2) is 0 Å². The van der Waals surface area contributed by atoms with E-state index >= 15 is 0 Å². The van der Waals surface area contributed by atoms with Crippen LogP contribution >= 0.6 is 0 Å². The van der Waals surface area contributed by atoms with Crippen LogP contribution in [0, 0.1) is 6.92 Å². The van der Waals surface area contributed by atoms with Crippen molar-refractivity contribution in [1.82, 2.24) is 10.3 Å². The molecule has 0 atom stereocenters. The minimum atomic E-state index is -0.148. The van der Waals surface area contributed by atoms with Crippen LogP contribution in [0.3, 0.4) is 0 Å². The summed E-state index contributed by atoms with van der Waals surface area (Å²) in [6.07, 6.45) is 1.21. The van der Waals surface area contributed by atoms with Gasteiger partial charge in [0.05, 0.1) is 0 Å². The third kappa shape index (κ3) is 4.30. The number of rotatable bonds is 6. The summed E-state index contributed by atoms with van der Waals surface area (Å²) < 4.78 is 0. The number of hydrogen-bond acceptors (Lipinski definition) is 3. The van der Waals surface area contributed by atoms with Crippen molar-refractivity contribution in [2.45, 2.75) is 26.2 Å². The molecule has 3 aromatic rings. The number of aromatic amines is 1. The van der Waals surface area contributed by atoms with Crippen LogP contribution in [0.1, 0.15) is 23.1 Å². The number of phenols is 1. The predicted octanol–water partition coefficient (Wildman–Crippen LogP) is 2.83. The molecule has 2 aromatic carbocycles. The van der Waals surface area contributed by atoms with E-state index in [1.807, 2.05) is 43.3 Å². The minimum Gasteiger partial charge on any atom is -0.508 e. The molecular formula is C21H22N2O3. The summed E-state index contributed by atoms with van der Waals surface area (Å²) in [6, 6.07) is 14.8. The predicted molar refractivity (Wildman–Crippen MR) is 102 cm³/mol. The van der Waals surface area contributed by atoms with E-state index in [9.17, 15) is 14.7 Å². The lowest BCUT2D eigenvalue weighted by molar-refractivity contribution is -0.121. The molecule has 0 spiro atoms. The van der Waals surface area contributed by atoms with Crippen LogP contribution < -0.4 is 10.9 Å². The van der Waals surface area contributed by atoms with Crippen LogP contribution in [0.25, 0.3) is 10.9 Å². The van der Waals surface area contributed by atoms with E-state index in [2.05, 4.69) is 10.3 Å². The number of carbonyl (C=O) groups is 1. The number of pyridine rings is 1. The molecule has 0 aliphatic heterocycles. The first kappa shape index (κ1) is 17.7. The zero-order chi connectivity index (χ0) is 18.5. The topological polar surface area (TPSA) is 82.2 Å². The molecule has 5 heteroatoms. The number of H-pyrrole nitrogens is 1. The van der Waals surface area contributed by atoms with Crippen molar-refractivity contribution in [1.29, 1.82) is 0 Å². The van der Waals surface area contributed by atoms with Crippen LogP contribution in [0.4, 0.5) is 0 Å². The zero-order valence-corrected chi connectivity index (χ0v) is 14.7. The second-order valence-electron chi connectivity index (χ2n) is 6.44. The summed E-state index contributed by atoms with van der Waals surface area (Å²) in [4.78, 5) is 27.1. The molecule has 3 N–H and O–H groups in total. The van der Waals surface area contributed by atoms with E-state index in [-0.39, 0.29) is 23.6 Å². The lowest BCUT2D eigenvalue weighted by Crippen LogP contribution is -2.26. The second kappa shape index (κ2) is 7.87. The van der Waals surface area contributed by atoms with Crippen LogP contribution in [-0.2, 0) is 17.6 Å².